The third-order valence-corrected chi connectivity index (χ3v) is 5.49. The van der Waals surface area contributed by atoms with Crippen LogP contribution in [0.25, 0.3) is 0 Å². The summed E-state index contributed by atoms with van der Waals surface area (Å²) in [7, 11) is 1.51. The van der Waals surface area contributed by atoms with Crippen LogP contribution >= 0.6 is 0 Å². The van der Waals surface area contributed by atoms with Gasteiger partial charge in [0.2, 0.25) is 0 Å². The third kappa shape index (κ3) is 3.59. The molecule has 122 valence electrons. The zero-order chi connectivity index (χ0) is 15.5. The second kappa shape index (κ2) is 7.10. The summed E-state index contributed by atoms with van der Waals surface area (Å²) < 4.78 is 5.08. The first-order valence-electron chi connectivity index (χ1n) is 8.60. The van der Waals surface area contributed by atoms with Crippen LogP contribution in [-0.2, 0) is 9.53 Å². The van der Waals surface area contributed by atoms with Gasteiger partial charge in [-0.05, 0) is 57.0 Å². The van der Waals surface area contributed by atoms with Crippen molar-refractivity contribution in [2.75, 3.05) is 26.7 Å². The molecule has 3 unspecified atom stereocenters. The van der Waals surface area contributed by atoms with Gasteiger partial charge < -0.3 is 15.0 Å². The fourth-order valence-electron chi connectivity index (χ4n) is 4.00. The predicted octanol–water partition coefficient (Wildman–Crippen LogP) is 2.43. The van der Waals surface area contributed by atoms with Crippen molar-refractivity contribution < 1.29 is 9.53 Å². The van der Waals surface area contributed by atoms with Crippen LogP contribution in [0.5, 0.6) is 0 Å². The Balaban J connectivity index is 1.98. The van der Waals surface area contributed by atoms with Crippen molar-refractivity contribution in [2.24, 2.45) is 11.8 Å². The molecule has 4 heteroatoms. The van der Waals surface area contributed by atoms with Gasteiger partial charge in [-0.25, -0.2) is 0 Å². The first-order valence-corrected chi connectivity index (χ1v) is 8.60. The molecule has 0 radical (unpaired) electrons. The van der Waals surface area contributed by atoms with Crippen molar-refractivity contribution in [2.45, 2.75) is 64.5 Å². The van der Waals surface area contributed by atoms with E-state index in [-0.39, 0.29) is 5.97 Å². The summed E-state index contributed by atoms with van der Waals surface area (Å²) in [4.78, 5) is 14.9. The van der Waals surface area contributed by atoms with Crippen molar-refractivity contribution in [3.63, 3.8) is 0 Å². The van der Waals surface area contributed by atoms with Gasteiger partial charge >= 0.3 is 5.97 Å². The number of ether oxygens (including phenoxy) is 1. The lowest BCUT2D eigenvalue weighted by Gasteiger charge is -2.30. The Hall–Kier alpha value is -0.610. The van der Waals surface area contributed by atoms with E-state index < -0.39 is 5.54 Å². The highest BCUT2D eigenvalue weighted by Gasteiger charge is 2.48. The number of esters is 1. The number of hydrogen-bond donors (Lipinski definition) is 1. The molecule has 2 rings (SSSR count). The van der Waals surface area contributed by atoms with Crippen LogP contribution in [0.15, 0.2) is 0 Å². The molecule has 1 aliphatic heterocycles. The van der Waals surface area contributed by atoms with Crippen molar-refractivity contribution in [3.05, 3.63) is 0 Å². The van der Waals surface area contributed by atoms with Crippen molar-refractivity contribution in [1.82, 2.24) is 10.2 Å². The van der Waals surface area contributed by atoms with Gasteiger partial charge in [-0.2, -0.15) is 0 Å². The zero-order valence-corrected chi connectivity index (χ0v) is 14.2. The van der Waals surface area contributed by atoms with E-state index >= 15 is 0 Å². The van der Waals surface area contributed by atoms with E-state index in [1.807, 2.05) is 0 Å². The van der Waals surface area contributed by atoms with Gasteiger partial charge in [0.25, 0.3) is 0 Å². The van der Waals surface area contributed by atoms with E-state index in [0.29, 0.717) is 6.04 Å². The summed E-state index contributed by atoms with van der Waals surface area (Å²) in [5, 5.41) is 3.48. The Morgan fingerprint density at radius 2 is 2.19 bits per heavy atom. The van der Waals surface area contributed by atoms with E-state index in [1.54, 1.807) is 0 Å². The van der Waals surface area contributed by atoms with Crippen molar-refractivity contribution >= 4 is 5.97 Å². The summed E-state index contributed by atoms with van der Waals surface area (Å²) in [6.45, 7) is 10.1. The standard InChI is InChI=1S/C17H32N2O2/c1-5-9-18-17(16(20)21-4)8-6-15(11-17)19-10-7-14(12-19)13(2)3/h13-15,18H,5-12H2,1-4H3. The lowest BCUT2D eigenvalue weighted by molar-refractivity contribution is -0.148. The molecule has 0 bridgehead atoms. The van der Waals surface area contributed by atoms with E-state index in [9.17, 15) is 4.79 Å². The Morgan fingerprint density at radius 3 is 2.76 bits per heavy atom. The van der Waals surface area contributed by atoms with E-state index in [4.69, 9.17) is 4.74 Å². The van der Waals surface area contributed by atoms with Gasteiger partial charge in [-0.1, -0.05) is 20.8 Å². The van der Waals surface area contributed by atoms with E-state index in [0.717, 1.165) is 44.1 Å². The highest BCUT2D eigenvalue weighted by atomic mass is 16.5. The summed E-state index contributed by atoms with van der Waals surface area (Å²) in [5.41, 5.74) is -0.439. The highest BCUT2D eigenvalue weighted by Crippen LogP contribution is 2.37. The highest BCUT2D eigenvalue weighted by molar-refractivity contribution is 5.81. The first-order chi connectivity index (χ1) is 10.0. The van der Waals surface area contributed by atoms with Crippen molar-refractivity contribution in [3.8, 4) is 0 Å². The van der Waals surface area contributed by atoms with E-state index in [2.05, 4.69) is 31.0 Å². The molecule has 1 N–H and O–H groups in total. The molecule has 1 heterocycles. The molecule has 1 aliphatic carbocycles. The predicted molar refractivity (Wildman–Crippen MR) is 85.2 cm³/mol. The second-order valence-electron chi connectivity index (χ2n) is 7.18. The number of nitrogens with zero attached hydrogens (tertiary/aromatic N) is 1. The second-order valence-corrected chi connectivity index (χ2v) is 7.18. The van der Waals surface area contributed by atoms with Gasteiger partial charge in [-0.3, -0.25) is 4.79 Å². The van der Waals surface area contributed by atoms with Crippen molar-refractivity contribution in [1.29, 1.82) is 0 Å². The van der Waals surface area contributed by atoms with Crippen LogP contribution in [0.1, 0.15) is 52.9 Å². The smallest absolute Gasteiger partial charge is 0.326 e. The lowest BCUT2D eigenvalue weighted by atomic mass is 9.95. The van der Waals surface area contributed by atoms with Crippen LogP contribution in [0.2, 0.25) is 0 Å². The van der Waals surface area contributed by atoms with Crippen LogP contribution < -0.4 is 5.32 Å². The maximum absolute atomic E-state index is 12.3. The van der Waals surface area contributed by atoms with Crippen LogP contribution in [0.4, 0.5) is 0 Å². The Bertz CT molecular complexity index is 359. The number of methoxy groups -OCH3 is 1. The third-order valence-electron chi connectivity index (χ3n) is 5.49. The average Bonchev–Trinajstić information content (AvgIpc) is 3.11. The minimum Gasteiger partial charge on any atom is -0.468 e. The molecular formula is C17H32N2O2. The van der Waals surface area contributed by atoms with Crippen LogP contribution in [-0.4, -0.2) is 49.2 Å². The summed E-state index contributed by atoms with van der Waals surface area (Å²) in [5.74, 6) is 1.51. The summed E-state index contributed by atoms with van der Waals surface area (Å²) in [6.07, 6.45) is 5.28. The molecule has 1 saturated heterocycles. The van der Waals surface area contributed by atoms with Gasteiger partial charge in [0.1, 0.15) is 5.54 Å². The number of carbonyl (C=O) groups excluding carboxylic acids is 1. The van der Waals surface area contributed by atoms with Gasteiger partial charge in [0.05, 0.1) is 7.11 Å². The quantitative estimate of drug-likeness (QED) is 0.764. The maximum atomic E-state index is 12.3. The van der Waals surface area contributed by atoms with E-state index in [1.165, 1.54) is 26.6 Å². The lowest BCUT2D eigenvalue weighted by Crippen LogP contribution is -2.52. The Labute approximate surface area is 129 Å². The molecule has 2 aliphatic rings. The zero-order valence-electron chi connectivity index (χ0n) is 14.2. The minimum atomic E-state index is -0.439. The number of rotatable bonds is 6. The molecule has 0 amide bonds. The number of hydrogen-bond acceptors (Lipinski definition) is 4. The molecule has 0 spiro atoms. The normalized spacial score (nSPS) is 33.8. The molecule has 2 fully saturated rings. The molecule has 0 aromatic rings. The molecule has 21 heavy (non-hydrogen) atoms. The van der Waals surface area contributed by atoms with Crippen LogP contribution in [0.3, 0.4) is 0 Å². The Kier molecular flexibility index (Phi) is 5.67. The average molecular weight is 296 g/mol. The minimum absolute atomic E-state index is 0.0712. The monoisotopic (exact) mass is 296 g/mol. The molecular weight excluding hydrogens is 264 g/mol. The fraction of sp³-hybridized carbons (Fsp3) is 0.941. The molecule has 0 aromatic heterocycles. The topological polar surface area (TPSA) is 41.6 Å². The number of nitrogens with one attached hydrogen (secondary N) is 1. The van der Waals surface area contributed by atoms with Gasteiger partial charge in [0.15, 0.2) is 0 Å². The fourth-order valence-corrected chi connectivity index (χ4v) is 4.00. The largest absolute Gasteiger partial charge is 0.468 e. The maximum Gasteiger partial charge on any atom is 0.326 e. The number of carbonyl (C=O) groups is 1. The summed E-state index contributed by atoms with van der Waals surface area (Å²) >= 11 is 0. The summed E-state index contributed by atoms with van der Waals surface area (Å²) in [6, 6.07) is 0.539. The van der Waals surface area contributed by atoms with Gasteiger partial charge in [0, 0.05) is 12.6 Å². The SMILES string of the molecule is CCCNC1(C(=O)OC)CCC(N2CCC(C(C)C)C2)C1. The molecule has 1 saturated carbocycles. The molecule has 0 aromatic carbocycles. The molecule has 4 nitrogen and oxygen atoms in total. The van der Waals surface area contributed by atoms with Crippen LogP contribution in [0, 0.1) is 11.8 Å². The molecule has 3 atom stereocenters. The number of likely N-dealkylation sites (tertiary alicyclic amines) is 1. The van der Waals surface area contributed by atoms with Gasteiger partial charge in [-0.15, -0.1) is 0 Å². The Morgan fingerprint density at radius 1 is 1.43 bits per heavy atom. The first kappa shape index (κ1) is 16.8.